The average molecular weight is 410 g/mol. The molecule has 0 unspecified atom stereocenters. The molecule has 0 radical (unpaired) electrons. The lowest BCUT2D eigenvalue weighted by Crippen LogP contribution is -2.30. The molecule has 0 saturated carbocycles. The summed E-state index contributed by atoms with van der Waals surface area (Å²) in [6, 6.07) is 10.6. The monoisotopic (exact) mass is 410 g/mol. The van der Waals surface area contributed by atoms with Gasteiger partial charge in [-0.1, -0.05) is 29.5 Å². The van der Waals surface area contributed by atoms with Crippen LogP contribution in [0, 0.1) is 24.0 Å². The summed E-state index contributed by atoms with van der Waals surface area (Å²) in [5.41, 5.74) is 4.65. The number of non-ortho nitro benzene ring substituents is 1. The molecule has 0 bridgehead atoms. The molecule has 148 valence electrons. The Bertz CT molecular complexity index is 1110. The van der Waals surface area contributed by atoms with Gasteiger partial charge in [-0.15, -0.1) is 5.10 Å². The number of nitrogens with zero attached hydrogens (tertiary/aromatic N) is 6. The van der Waals surface area contributed by atoms with Crippen LogP contribution in [0.2, 0.25) is 0 Å². The topological polar surface area (TPSA) is 107 Å². The van der Waals surface area contributed by atoms with E-state index in [9.17, 15) is 14.9 Å². The fourth-order valence-electron chi connectivity index (χ4n) is 3.43. The molecule has 10 heteroatoms. The van der Waals surface area contributed by atoms with Crippen molar-refractivity contribution in [3.63, 3.8) is 0 Å². The first-order chi connectivity index (χ1) is 13.9. The first kappa shape index (κ1) is 19.1. The van der Waals surface area contributed by atoms with Crippen molar-refractivity contribution in [1.82, 2.24) is 20.2 Å². The maximum Gasteiger partial charge on any atom is 0.269 e. The van der Waals surface area contributed by atoms with E-state index < -0.39 is 4.92 Å². The molecule has 0 N–H and O–H groups in total. The first-order valence-electron chi connectivity index (χ1n) is 9.00. The van der Waals surface area contributed by atoms with Crippen molar-refractivity contribution in [3.8, 4) is 5.69 Å². The van der Waals surface area contributed by atoms with Gasteiger partial charge >= 0.3 is 0 Å². The van der Waals surface area contributed by atoms with Crippen LogP contribution in [0.15, 0.2) is 41.6 Å². The van der Waals surface area contributed by atoms with Crippen molar-refractivity contribution in [3.05, 3.63) is 63.2 Å². The number of thioether (sulfide) groups is 1. The van der Waals surface area contributed by atoms with Gasteiger partial charge in [0.25, 0.3) is 5.69 Å². The van der Waals surface area contributed by atoms with E-state index in [1.54, 1.807) is 15.6 Å². The number of hydrogen-bond acceptors (Lipinski definition) is 7. The molecule has 2 aromatic carbocycles. The molecule has 3 aromatic rings. The second-order valence-electron chi connectivity index (χ2n) is 6.82. The van der Waals surface area contributed by atoms with E-state index in [0.717, 1.165) is 28.1 Å². The second-order valence-corrected chi connectivity index (χ2v) is 7.76. The van der Waals surface area contributed by atoms with Gasteiger partial charge in [0, 0.05) is 24.4 Å². The Hall–Kier alpha value is -3.27. The number of aromatic nitrogens is 4. The van der Waals surface area contributed by atoms with E-state index in [-0.39, 0.29) is 17.3 Å². The summed E-state index contributed by atoms with van der Waals surface area (Å²) in [4.78, 5) is 25.0. The zero-order valence-electron chi connectivity index (χ0n) is 15.9. The number of benzene rings is 2. The lowest BCUT2D eigenvalue weighted by atomic mass is 10.1. The number of nitro benzene ring substituents is 1. The highest BCUT2D eigenvalue weighted by atomic mass is 32.2. The summed E-state index contributed by atoms with van der Waals surface area (Å²) >= 11 is 1.27. The molecule has 1 aliphatic rings. The van der Waals surface area contributed by atoms with Gasteiger partial charge in [-0.25, -0.2) is 0 Å². The summed E-state index contributed by atoms with van der Waals surface area (Å²) in [5.74, 6) is 0.0830. The van der Waals surface area contributed by atoms with Crippen molar-refractivity contribution < 1.29 is 9.72 Å². The van der Waals surface area contributed by atoms with Crippen molar-refractivity contribution in [2.24, 2.45) is 0 Å². The molecule has 2 heterocycles. The number of carbonyl (C=O) groups is 1. The third kappa shape index (κ3) is 3.70. The van der Waals surface area contributed by atoms with Gasteiger partial charge < -0.3 is 4.90 Å². The van der Waals surface area contributed by atoms with Gasteiger partial charge in [-0.05, 0) is 54.0 Å². The number of fused-ring (bicyclic) bond motifs is 1. The number of nitro groups is 1. The summed E-state index contributed by atoms with van der Waals surface area (Å²) in [6.07, 6.45) is 0.605. The highest BCUT2D eigenvalue weighted by Gasteiger charge is 2.27. The maximum absolute atomic E-state index is 12.8. The number of tetrazole rings is 1. The Morgan fingerprint density at radius 3 is 2.76 bits per heavy atom. The van der Waals surface area contributed by atoms with Gasteiger partial charge in [-0.2, -0.15) is 4.68 Å². The molecule has 0 fully saturated rings. The Balaban J connectivity index is 1.49. The molecule has 29 heavy (non-hydrogen) atoms. The third-order valence-corrected chi connectivity index (χ3v) is 5.72. The van der Waals surface area contributed by atoms with Crippen molar-refractivity contribution in [2.75, 3.05) is 17.2 Å². The van der Waals surface area contributed by atoms with E-state index in [4.69, 9.17) is 0 Å². The number of carbonyl (C=O) groups excluding carboxylic acids is 1. The van der Waals surface area contributed by atoms with Crippen LogP contribution >= 0.6 is 11.8 Å². The molecule has 0 spiro atoms. The SMILES string of the molecule is Cc1ccc(-n2nnnc2SCC(=O)N2CCc3cc([N+](=O)[O-])ccc32)c(C)c1. The molecule has 9 nitrogen and oxygen atoms in total. The zero-order chi connectivity index (χ0) is 20.5. The molecule has 1 amide bonds. The lowest BCUT2D eigenvalue weighted by molar-refractivity contribution is -0.384. The summed E-state index contributed by atoms with van der Waals surface area (Å²) in [7, 11) is 0. The molecule has 0 saturated heterocycles. The van der Waals surface area contributed by atoms with Crippen LogP contribution in [0.25, 0.3) is 5.69 Å². The van der Waals surface area contributed by atoms with Crippen LogP contribution in [0.1, 0.15) is 16.7 Å². The lowest BCUT2D eigenvalue weighted by Gasteiger charge is -2.17. The second kappa shape index (κ2) is 7.63. The predicted octanol–water partition coefficient (Wildman–Crippen LogP) is 2.87. The number of rotatable bonds is 5. The minimum atomic E-state index is -0.423. The van der Waals surface area contributed by atoms with E-state index >= 15 is 0 Å². The van der Waals surface area contributed by atoms with Gasteiger partial charge in [0.2, 0.25) is 11.1 Å². The highest BCUT2D eigenvalue weighted by molar-refractivity contribution is 7.99. The third-order valence-electron chi connectivity index (χ3n) is 4.82. The smallest absolute Gasteiger partial charge is 0.269 e. The fourth-order valence-corrected chi connectivity index (χ4v) is 4.19. The quantitative estimate of drug-likeness (QED) is 0.362. The minimum absolute atomic E-state index is 0.0417. The van der Waals surface area contributed by atoms with E-state index in [1.165, 1.54) is 23.9 Å². The van der Waals surface area contributed by atoms with Gasteiger partial charge in [0.15, 0.2) is 0 Å². The Labute approximate surface area is 170 Å². The summed E-state index contributed by atoms with van der Waals surface area (Å²) in [5, 5.41) is 23.3. The maximum atomic E-state index is 12.8. The number of aryl methyl sites for hydroxylation is 2. The predicted molar refractivity (Wildman–Crippen MR) is 109 cm³/mol. The van der Waals surface area contributed by atoms with Crippen LogP contribution in [0.4, 0.5) is 11.4 Å². The molecule has 1 aliphatic heterocycles. The van der Waals surface area contributed by atoms with Gasteiger partial charge in [-0.3, -0.25) is 14.9 Å². The minimum Gasteiger partial charge on any atom is -0.311 e. The molecule has 4 rings (SSSR count). The Morgan fingerprint density at radius 1 is 1.21 bits per heavy atom. The average Bonchev–Trinajstić information content (AvgIpc) is 3.32. The van der Waals surface area contributed by atoms with E-state index in [0.29, 0.717) is 18.1 Å². The Morgan fingerprint density at radius 2 is 2.00 bits per heavy atom. The van der Waals surface area contributed by atoms with Crippen LogP contribution in [-0.2, 0) is 11.2 Å². The summed E-state index contributed by atoms with van der Waals surface area (Å²) in [6.45, 7) is 4.52. The van der Waals surface area contributed by atoms with Crippen LogP contribution in [0.3, 0.4) is 0 Å². The van der Waals surface area contributed by atoms with E-state index in [1.807, 2.05) is 26.0 Å². The number of anilines is 1. The fraction of sp³-hybridized carbons (Fsp3) is 0.263. The summed E-state index contributed by atoms with van der Waals surface area (Å²) < 4.78 is 1.63. The van der Waals surface area contributed by atoms with Crippen LogP contribution < -0.4 is 4.90 Å². The van der Waals surface area contributed by atoms with E-state index in [2.05, 4.69) is 21.6 Å². The van der Waals surface area contributed by atoms with Crippen LogP contribution in [-0.4, -0.2) is 43.3 Å². The molecule has 0 aliphatic carbocycles. The normalized spacial score (nSPS) is 12.8. The Kier molecular flexibility index (Phi) is 5.01. The van der Waals surface area contributed by atoms with Crippen molar-refractivity contribution in [2.45, 2.75) is 25.4 Å². The standard InChI is InChI=1S/C19H18N6O3S/c1-12-3-5-16(13(2)9-12)24-19(20-21-22-24)29-11-18(26)23-8-7-14-10-15(25(27)28)4-6-17(14)23/h3-6,9-10H,7-8,11H2,1-2H3. The van der Waals surface area contributed by atoms with Crippen molar-refractivity contribution >= 4 is 29.0 Å². The zero-order valence-corrected chi connectivity index (χ0v) is 16.7. The number of hydrogen-bond donors (Lipinski definition) is 0. The largest absolute Gasteiger partial charge is 0.311 e. The van der Waals surface area contributed by atoms with Gasteiger partial charge in [0.1, 0.15) is 0 Å². The molecule has 0 atom stereocenters. The highest BCUT2D eigenvalue weighted by Crippen LogP contribution is 2.32. The van der Waals surface area contributed by atoms with Gasteiger partial charge in [0.05, 0.1) is 16.4 Å². The molecular formula is C19H18N6O3S. The van der Waals surface area contributed by atoms with Crippen molar-refractivity contribution in [1.29, 1.82) is 0 Å². The number of amides is 1. The molecule has 1 aromatic heterocycles. The molecular weight excluding hydrogens is 392 g/mol. The van der Waals surface area contributed by atoms with Crippen LogP contribution in [0.5, 0.6) is 0 Å². The first-order valence-corrected chi connectivity index (χ1v) is 9.99.